The molecule has 6 heteroatoms. The quantitative estimate of drug-likeness (QED) is 0.706. The van der Waals surface area contributed by atoms with Gasteiger partial charge in [-0.2, -0.15) is 0 Å². The van der Waals surface area contributed by atoms with Gasteiger partial charge in [-0.15, -0.1) is 13.2 Å². The summed E-state index contributed by atoms with van der Waals surface area (Å²) < 4.78 is 45.1. The summed E-state index contributed by atoms with van der Waals surface area (Å²) in [6.07, 6.45) is -2.48. The fourth-order valence-electron chi connectivity index (χ4n) is 1.53. The van der Waals surface area contributed by atoms with Gasteiger partial charge in [0.2, 0.25) is 0 Å². The standard InChI is InChI=1S/C14H20F3NO2/c1-2-3-9-19-10-8-18-11-12-4-6-13(7-5-12)20-14(15,16)17/h4-7,18H,2-3,8-11H2,1H3. The fraction of sp³-hybridized carbons (Fsp3) is 0.571. The lowest BCUT2D eigenvalue weighted by Crippen LogP contribution is -2.19. The van der Waals surface area contributed by atoms with E-state index in [9.17, 15) is 13.2 Å². The van der Waals surface area contributed by atoms with Gasteiger partial charge in [-0.25, -0.2) is 0 Å². The molecule has 0 fully saturated rings. The van der Waals surface area contributed by atoms with E-state index in [1.54, 1.807) is 12.1 Å². The Hall–Kier alpha value is -1.27. The molecule has 0 bridgehead atoms. The Morgan fingerprint density at radius 2 is 1.80 bits per heavy atom. The molecule has 0 radical (unpaired) electrons. The molecule has 1 aromatic rings. The molecule has 20 heavy (non-hydrogen) atoms. The largest absolute Gasteiger partial charge is 0.573 e. The van der Waals surface area contributed by atoms with E-state index in [2.05, 4.69) is 17.0 Å². The number of ether oxygens (including phenoxy) is 2. The molecular weight excluding hydrogens is 271 g/mol. The molecule has 0 aliphatic carbocycles. The van der Waals surface area contributed by atoms with Crippen molar-refractivity contribution in [1.29, 1.82) is 0 Å². The van der Waals surface area contributed by atoms with Crippen molar-refractivity contribution in [2.75, 3.05) is 19.8 Å². The molecule has 1 rings (SSSR count). The average Bonchev–Trinajstić information content (AvgIpc) is 2.38. The second-order valence-electron chi connectivity index (χ2n) is 4.33. The average molecular weight is 291 g/mol. The molecule has 0 aromatic heterocycles. The second kappa shape index (κ2) is 8.81. The highest BCUT2D eigenvalue weighted by molar-refractivity contribution is 5.27. The van der Waals surface area contributed by atoms with Crippen LogP contribution in [0.15, 0.2) is 24.3 Å². The number of hydrogen-bond donors (Lipinski definition) is 1. The molecule has 0 unspecified atom stereocenters. The summed E-state index contributed by atoms with van der Waals surface area (Å²) in [5.41, 5.74) is 0.896. The summed E-state index contributed by atoms with van der Waals surface area (Å²) in [4.78, 5) is 0. The van der Waals surface area contributed by atoms with Crippen LogP contribution in [0.2, 0.25) is 0 Å². The van der Waals surface area contributed by atoms with Crippen LogP contribution >= 0.6 is 0 Å². The Balaban J connectivity index is 2.18. The summed E-state index contributed by atoms with van der Waals surface area (Å²) >= 11 is 0. The predicted molar refractivity (Wildman–Crippen MR) is 70.6 cm³/mol. The smallest absolute Gasteiger partial charge is 0.406 e. The van der Waals surface area contributed by atoms with Gasteiger partial charge in [0, 0.05) is 19.7 Å². The van der Waals surface area contributed by atoms with Gasteiger partial charge < -0.3 is 14.8 Å². The molecule has 3 nitrogen and oxygen atoms in total. The molecule has 0 atom stereocenters. The number of halogens is 3. The zero-order valence-electron chi connectivity index (χ0n) is 11.5. The number of rotatable bonds is 9. The van der Waals surface area contributed by atoms with Crippen LogP contribution in [0.5, 0.6) is 5.75 Å². The van der Waals surface area contributed by atoms with Gasteiger partial charge >= 0.3 is 6.36 Å². The van der Waals surface area contributed by atoms with Crippen LogP contribution in [0.4, 0.5) is 13.2 Å². The molecular formula is C14H20F3NO2. The first-order valence-electron chi connectivity index (χ1n) is 6.64. The van der Waals surface area contributed by atoms with Crippen LogP contribution in [-0.4, -0.2) is 26.1 Å². The minimum atomic E-state index is -4.64. The van der Waals surface area contributed by atoms with Crippen molar-refractivity contribution in [2.45, 2.75) is 32.7 Å². The van der Waals surface area contributed by atoms with E-state index in [0.717, 1.165) is 25.0 Å². The van der Waals surface area contributed by atoms with Crippen molar-refractivity contribution in [3.05, 3.63) is 29.8 Å². The van der Waals surface area contributed by atoms with Crippen LogP contribution in [0, 0.1) is 0 Å². The first-order chi connectivity index (χ1) is 9.51. The molecule has 114 valence electrons. The van der Waals surface area contributed by atoms with Crippen LogP contribution in [0.3, 0.4) is 0 Å². The normalized spacial score (nSPS) is 11.6. The third-order valence-electron chi connectivity index (χ3n) is 2.55. The number of hydrogen-bond acceptors (Lipinski definition) is 3. The molecule has 0 saturated carbocycles. The minimum absolute atomic E-state index is 0.204. The van der Waals surface area contributed by atoms with E-state index >= 15 is 0 Å². The van der Waals surface area contributed by atoms with Crippen LogP contribution in [-0.2, 0) is 11.3 Å². The molecule has 0 aliphatic rings. The van der Waals surface area contributed by atoms with Gasteiger partial charge in [0.1, 0.15) is 5.75 Å². The van der Waals surface area contributed by atoms with Crippen molar-refractivity contribution in [3.8, 4) is 5.75 Å². The van der Waals surface area contributed by atoms with E-state index in [1.807, 2.05) is 0 Å². The minimum Gasteiger partial charge on any atom is -0.406 e. The van der Waals surface area contributed by atoms with Gasteiger partial charge in [-0.3, -0.25) is 0 Å². The van der Waals surface area contributed by atoms with E-state index < -0.39 is 6.36 Å². The van der Waals surface area contributed by atoms with E-state index in [4.69, 9.17) is 4.74 Å². The Morgan fingerprint density at radius 3 is 2.40 bits per heavy atom. The molecule has 0 spiro atoms. The molecule has 0 heterocycles. The summed E-state index contributed by atoms with van der Waals surface area (Å²) in [5.74, 6) is -0.204. The summed E-state index contributed by atoms with van der Waals surface area (Å²) in [6.45, 7) is 4.80. The number of nitrogens with one attached hydrogen (secondary N) is 1. The summed E-state index contributed by atoms with van der Waals surface area (Å²) in [7, 11) is 0. The molecule has 1 aromatic carbocycles. The van der Waals surface area contributed by atoms with Crippen molar-refractivity contribution in [2.24, 2.45) is 0 Å². The van der Waals surface area contributed by atoms with Gasteiger partial charge in [0.15, 0.2) is 0 Å². The lowest BCUT2D eigenvalue weighted by molar-refractivity contribution is -0.274. The van der Waals surface area contributed by atoms with E-state index in [0.29, 0.717) is 19.7 Å². The molecule has 0 amide bonds. The SMILES string of the molecule is CCCCOCCNCc1ccc(OC(F)(F)F)cc1. The van der Waals surface area contributed by atoms with E-state index in [1.165, 1.54) is 12.1 Å². The highest BCUT2D eigenvalue weighted by atomic mass is 19.4. The lowest BCUT2D eigenvalue weighted by atomic mass is 10.2. The number of benzene rings is 1. The Bertz CT molecular complexity index is 366. The van der Waals surface area contributed by atoms with Crippen molar-refractivity contribution in [3.63, 3.8) is 0 Å². The van der Waals surface area contributed by atoms with Crippen molar-refractivity contribution < 1.29 is 22.6 Å². The van der Waals surface area contributed by atoms with Crippen LogP contribution < -0.4 is 10.1 Å². The van der Waals surface area contributed by atoms with Gasteiger partial charge in [-0.1, -0.05) is 25.5 Å². The number of unbranched alkanes of at least 4 members (excludes halogenated alkanes) is 1. The van der Waals surface area contributed by atoms with Crippen molar-refractivity contribution >= 4 is 0 Å². The Morgan fingerprint density at radius 1 is 1.10 bits per heavy atom. The zero-order valence-corrected chi connectivity index (χ0v) is 11.5. The molecule has 1 N–H and O–H groups in total. The highest BCUT2D eigenvalue weighted by Crippen LogP contribution is 2.22. The highest BCUT2D eigenvalue weighted by Gasteiger charge is 2.30. The summed E-state index contributed by atoms with van der Waals surface area (Å²) in [5, 5.41) is 3.16. The summed E-state index contributed by atoms with van der Waals surface area (Å²) in [6, 6.07) is 5.82. The molecule has 0 saturated heterocycles. The maximum atomic E-state index is 12.0. The van der Waals surface area contributed by atoms with Gasteiger partial charge in [-0.05, 0) is 24.1 Å². The predicted octanol–water partition coefficient (Wildman–Crippen LogP) is 3.49. The third-order valence-corrected chi connectivity index (χ3v) is 2.55. The topological polar surface area (TPSA) is 30.5 Å². The first-order valence-corrected chi connectivity index (χ1v) is 6.64. The Labute approximate surface area is 117 Å². The maximum Gasteiger partial charge on any atom is 0.573 e. The van der Waals surface area contributed by atoms with E-state index in [-0.39, 0.29) is 5.75 Å². The lowest BCUT2D eigenvalue weighted by Gasteiger charge is -2.10. The maximum absolute atomic E-state index is 12.0. The monoisotopic (exact) mass is 291 g/mol. The first kappa shape index (κ1) is 16.8. The van der Waals surface area contributed by atoms with Gasteiger partial charge in [0.05, 0.1) is 6.61 Å². The van der Waals surface area contributed by atoms with Crippen molar-refractivity contribution in [1.82, 2.24) is 5.32 Å². The van der Waals surface area contributed by atoms with Gasteiger partial charge in [0.25, 0.3) is 0 Å². The molecule has 0 aliphatic heterocycles. The third kappa shape index (κ3) is 8.01. The van der Waals surface area contributed by atoms with Crippen LogP contribution in [0.25, 0.3) is 0 Å². The zero-order chi connectivity index (χ0) is 14.8. The fourth-order valence-corrected chi connectivity index (χ4v) is 1.53. The number of alkyl halides is 3. The second-order valence-corrected chi connectivity index (χ2v) is 4.33. The van der Waals surface area contributed by atoms with Crippen LogP contribution in [0.1, 0.15) is 25.3 Å². The Kier molecular flexibility index (Phi) is 7.40.